The Morgan fingerprint density at radius 3 is 3.12 bits per heavy atom. The fraction of sp³-hybridized carbons (Fsp3) is 0.417. The number of nitrogens with zero attached hydrogens (tertiary/aromatic N) is 1. The highest BCUT2D eigenvalue weighted by Crippen LogP contribution is 2.30. The third-order valence-corrected chi connectivity index (χ3v) is 3.83. The van der Waals surface area contributed by atoms with Gasteiger partial charge in [0.2, 0.25) is 0 Å². The van der Waals surface area contributed by atoms with E-state index in [0.29, 0.717) is 5.92 Å². The minimum absolute atomic E-state index is 0.584. The molecular weight excluding hydrogens is 220 g/mol. The zero-order valence-electron chi connectivity index (χ0n) is 9.19. The Morgan fingerprint density at radius 1 is 1.50 bits per heavy atom. The van der Waals surface area contributed by atoms with E-state index in [2.05, 4.69) is 15.7 Å². The molecule has 1 aliphatic rings. The van der Waals surface area contributed by atoms with Crippen molar-refractivity contribution in [3.8, 4) is 10.8 Å². The normalized spacial score (nSPS) is 20.4. The maximum atomic E-state index is 5.58. The molecule has 0 radical (unpaired) electrons. The molecule has 2 aromatic heterocycles. The molecular formula is C12H14N2OS. The molecule has 4 heteroatoms. The lowest BCUT2D eigenvalue weighted by Crippen LogP contribution is -2.08. The van der Waals surface area contributed by atoms with Crippen molar-refractivity contribution in [1.82, 2.24) is 10.3 Å². The highest BCUT2D eigenvalue weighted by Gasteiger charge is 2.20. The summed E-state index contributed by atoms with van der Waals surface area (Å²) in [7, 11) is 0. The number of thiazole rings is 1. The van der Waals surface area contributed by atoms with E-state index in [0.717, 1.165) is 29.6 Å². The Bertz CT molecular complexity index is 483. The van der Waals surface area contributed by atoms with E-state index in [1.54, 1.807) is 11.3 Å². The lowest BCUT2D eigenvalue weighted by molar-refractivity contribution is 0.547. The smallest absolute Gasteiger partial charge is 0.162 e. The van der Waals surface area contributed by atoms with Crippen LogP contribution >= 0.6 is 11.3 Å². The van der Waals surface area contributed by atoms with Crippen molar-refractivity contribution in [2.75, 3.05) is 13.1 Å². The summed E-state index contributed by atoms with van der Waals surface area (Å²) in [6, 6.07) is 3.97. The van der Waals surface area contributed by atoms with Crippen molar-refractivity contribution in [3.63, 3.8) is 0 Å². The van der Waals surface area contributed by atoms with Crippen LogP contribution in [0.25, 0.3) is 10.8 Å². The van der Waals surface area contributed by atoms with Gasteiger partial charge in [0.05, 0.1) is 5.69 Å². The molecule has 0 bridgehead atoms. The van der Waals surface area contributed by atoms with Gasteiger partial charge in [0.25, 0.3) is 0 Å². The van der Waals surface area contributed by atoms with Crippen molar-refractivity contribution in [2.45, 2.75) is 19.3 Å². The summed E-state index contributed by atoms with van der Waals surface area (Å²) in [4.78, 5) is 4.66. The van der Waals surface area contributed by atoms with Gasteiger partial charge >= 0.3 is 0 Å². The predicted octanol–water partition coefficient (Wildman–Crippen LogP) is 2.79. The van der Waals surface area contributed by atoms with Crippen LogP contribution in [0.3, 0.4) is 0 Å². The highest BCUT2D eigenvalue weighted by atomic mass is 32.1. The zero-order valence-corrected chi connectivity index (χ0v) is 10.0. The summed E-state index contributed by atoms with van der Waals surface area (Å²) >= 11 is 1.67. The number of hydrogen-bond donors (Lipinski definition) is 1. The molecule has 3 nitrogen and oxygen atoms in total. The Labute approximate surface area is 98.5 Å². The Hall–Kier alpha value is -1.13. The lowest BCUT2D eigenvalue weighted by atomic mass is 10.1. The molecule has 16 heavy (non-hydrogen) atoms. The van der Waals surface area contributed by atoms with Gasteiger partial charge in [-0.3, -0.25) is 0 Å². The van der Waals surface area contributed by atoms with Gasteiger partial charge in [0.1, 0.15) is 5.76 Å². The first-order valence-corrected chi connectivity index (χ1v) is 6.44. The number of rotatable bonds is 2. The number of nitrogens with one attached hydrogen (secondary N) is 1. The molecule has 0 aliphatic carbocycles. The monoisotopic (exact) mass is 234 g/mol. The molecule has 1 N–H and O–H groups in total. The van der Waals surface area contributed by atoms with Crippen LogP contribution < -0.4 is 5.32 Å². The number of furan rings is 1. The number of aryl methyl sites for hydroxylation is 1. The standard InChI is InChI=1S/C12H14N2OS/c1-8-2-3-11(15-8)12-14-10(7-16-12)9-4-5-13-6-9/h2-3,7,9,13H,4-6H2,1H3. The second-order valence-corrected chi connectivity index (χ2v) is 5.04. The summed E-state index contributed by atoms with van der Waals surface area (Å²) in [5, 5.41) is 6.52. The van der Waals surface area contributed by atoms with Gasteiger partial charge in [-0.1, -0.05) is 0 Å². The second kappa shape index (κ2) is 4.03. The third kappa shape index (κ3) is 1.79. The van der Waals surface area contributed by atoms with Gasteiger partial charge in [-0.2, -0.15) is 0 Å². The van der Waals surface area contributed by atoms with Crippen LogP contribution in [0.5, 0.6) is 0 Å². The zero-order chi connectivity index (χ0) is 11.0. The minimum Gasteiger partial charge on any atom is -0.459 e. The van der Waals surface area contributed by atoms with Crippen LogP contribution in [-0.2, 0) is 0 Å². The molecule has 3 heterocycles. The Morgan fingerprint density at radius 2 is 2.44 bits per heavy atom. The molecule has 0 amide bonds. The van der Waals surface area contributed by atoms with Gasteiger partial charge < -0.3 is 9.73 Å². The average Bonchev–Trinajstić information content (AvgIpc) is 2.97. The summed E-state index contributed by atoms with van der Waals surface area (Å²) in [6.45, 7) is 4.12. The first kappa shape index (κ1) is 10.1. The largest absolute Gasteiger partial charge is 0.459 e. The van der Waals surface area contributed by atoms with Crippen LogP contribution in [0.4, 0.5) is 0 Å². The van der Waals surface area contributed by atoms with E-state index >= 15 is 0 Å². The summed E-state index contributed by atoms with van der Waals surface area (Å²) < 4.78 is 5.58. The Balaban J connectivity index is 1.87. The summed E-state index contributed by atoms with van der Waals surface area (Å²) in [6.07, 6.45) is 1.19. The molecule has 84 valence electrons. The van der Waals surface area contributed by atoms with Crippen LogP contribution in [0, 0.1) is 6.92 Å². The van der Waals surface area contributed by atoms with Crippen molar-refractivity contribution >= 4 is 11.3 Å². The topological polar surface area (TPSA) is 38.1 Å². The van der Waals surface area contributed by atoms with E-state index in [1.165, 1.54) is 12.1 Å². The maximum absolute atomic E-state index is 5.58. The van der Waals surface area contributed by atoms with Crippen molar-refractivity contribution < 1.29 is 4.42 Å². The van der Waals surface area contributed by atoms with Gasteiger partial charge in [-0.05, 0) is 32.0 Å². The van der Waals surface area contributed by atoms with Gasteiger partial charge in [0.15, 0.2) is 10.8 Å². The summed E-state index contributed by atoms with van der Waals surface area (Å²) in [5.41, 5.74) is 1.21. The maximum Gasteiger partial charge on any atom is 0.162 e. The third-order valence-electron chi connectivity index (χ3n) is 2.95. The van der Waals surface area contributed by atoms with E-state index < -0.39 is 0 Å². The average molecular weight is 234 g/mol. The van der Waals surface area contributed by atoms with E-state index in [4.69, 9.17) is 4.42 Å². The lowest BCUT2D eigenvalue weighted by Gasteiger charge is -2.01. The quantitative estimate of drug-likeness (QED) is 0.868. The van der Waals surface area contributed by atoms with Gasteiger partial charge in [-0.15, -0.1) is 11.3 Å². The fourth-order valence-electron chi connectivity index (χ4n) is 2.04. The van der Waals surface area contributed by atoms with Crippen molar-refractivity contribution in [3.05, 3.63) is 29.0 Å². The number of aromatic nitrogens is 1. The van der Waals surface area contributed by atoms with Crippen molar-refractivity contribution in [2.24, 2.45) is 0 Å². The second-order valence-electron chi connectivity index (χ2n) is 4.18. The predicted molar refractivity (Wildman–Crippen MR) is 64.8 cm³/mol. The van der Waals surface area contributed by atoms with Gasteiger partial charge in [-0.25, -0.2) is 4.98 Å². The van der Waals surface area contributed by atoms with Crippen molar-refractivity contribution in [1.29, 1.82) is 0 Å². The first-order chi connectivity index (χ1) is 7.83. The summed E-state index contributed by atoms with van der Waals surface area (Å²) in [5.74, 6) is 2.41. The molecule has 0 spiro atoms. The highest BCUT2D eigenvalue weighted by molar-refractivity contribution is 7.13. The molecule has 1 fully saturated rings. The molecule has 3 rings (SSSR count). The SMILES string of the molecule is Cc1ccc(-c2nc(C3CCNC3)cs2)o1. The Kier molecular flexibility index (Phi) is 2.53. The molecule has 0 saturated carbocycles. The van der Waals surface area contributed by atoms with Crippen LogP contribution in [-0.4, -0.2) is 18.1 Å². The van der Waals surface area contributed by atoms with E-state index in [9.17, 15) is 0 Å². The van der Waals surface area contributed by atoms with Gasteiger partial charge in [0, 0.05) is 17.8 Å². The molecule has 1 unspecified atom stereocenters. The molecule has 1 saturated heterocycles. The minimum atomic E-state index is 0.584. The molecule has 0 aromatic carbocycles. The molecule has 2 aromatic rings. The molecule has 1 atom stereocenters. The van der Waals surface area contributed by atoms with Crippen LogP contribution in [0.1, 0.15) is 23.8 Å². The number of hydrogen-bond acceptors (Lipinski definition) is 4. The van der Waals surface area contributed by atoms with E-state index in [-0.39, 0.29) is 0 Å². The van der Waals surface area contributed by atoms with E-state index in [1.807, 2.05) is 19.1 Å². The first-order valence-electron chi connectivity index (χ1n) is 5.56. The van der Waals surface area contributed by atoms with Crippen LogP contribution in [0.2, 0.25) is 0 Å². The molecule has 1 aliphatic heterocycles. The fourth-order valence-corrected chi connectivity index (χ4v) is 2.90. The van der Waals surface area contributed by atoms with Crippen LogP contribution in [0.15, 0.2) is 21.9 Å².